The van der Waals surface area contributed by atoms with E-state index in [0.717, 1.165) is 5.92 Å². The lowest BCUT2D eigenvalue weighted by atomic mass is 9.90. The minimum atomic E-state index is -1.10. The smallest absolute Gasteiger partial charge is 0.306 e. The second kappa shape index (κ2) is 7.01. The molecule has 0 atom stereocenters. The first-order valence-corrected chi connectivity index (χ1v) is 6.48. The van der Waals surface area contributed by atoms with Gasteiger partial charge >= 0.3 is 11.8 Å². The summed E-state index contributed by atoms with van der Waals surface area (Å²) in [4.78, 5) is 23.3. The molecule has 0 unspecified atom stereocenters. The fraction of sp³-hybridized carbons (Fsp3) is 0.545. The zero-order valence-electron chi connectivity index (χ0n) is 9.59. The van der Waals surface area contributed by atoms with E-state index in [1.165, 1.54) is 37.1 Å². The van der Waals surface area contributed by atoms with Crippen LogP contribution in [0.5, 0.6) is 0 Å². The molecule has 0 radical (unpaired) electrons. The fourth-order valence-corrected chi connectivity index (χ4v) is 2.60. The molecular formula is C11H17N3O2S. The minimum Gasteiger partial charge on any atom is -0.361 e. The molecule has 6 heteroatoms. The molecule has 2 amide bonds. The SMILES string of the molecule is NC(=O)C(N)=O.c1csc(C2CCCCC2)n1. The van der Waals surface area contributed by atoms with Crippen molar-refractivity contribution in [3.63, 3.8) is 0 Å². The lowest BCUT2D eigenvalue weighted by molar-refractivity contribution is -0.135. The van der Waals surface area contributed by atoms with E-state index in [1.807, 2.05) is 17.5 Å². The highest BCUT2D eigenvalue weighted by atomic mass is 32.1. The van der Waals surface area contributed by atoms with Crippen LogP contribution in [0.1, 0.15) is 43.0 Å². The van der Waals surface area contributed by atoms with Gasteiger partial charge in [-0.2, -0.15) is 0 Å². The zero-order chi connectivity index (χ0) is 12.7. The van der Waals surface area contributed by atoms with E-state index in [0.29, 0.717) is 0 Å². The first-order valence-electron chi connectivity index (χ1n) is 5.60. The number of rotatable bonds is 1. The summed E-state index contributed by atoms with van der Waals surface area (Å²) in [5, 5.41) is 3.45. The third kappa shape index (κ3) is 4.95. The van der Waals surface area contributed by atoms with E-state index in [1.54, 1.807) is 0 Å². The van der Waals surface area contributed by atoms with Crippen molar-refractivity contribution in [2.45, 2.75) is 38.0 Å². The number of carbonyl (C=O) groups is 2. The molecule has 17 heavy (non-hydrogen) atoms. The largest absolute Gasteiger partial charge is 0.361 e. The van der Waals surface area contributed by atoms with Gasteiger partial charge in [0, 0.05) is 17.5 Å². The van der Waals surface area contributed by atoms with Gasteiger partial charge in [-0.25, -0.2) is 4.98 Å². The van der Waals surface area contributed by atoms with Crippen LogP contribution in [0.4, 0.5) is 0 Å². The summed E-state index contributed by atoms with van der Waals surface area (Å²) in [5.41, 5.74) is 8.64. The van der Waals surface area contributed by atoms with Crippen LogP contribution in [0.15, 0.2) is 11.6 Å². The Hall–Kier alpha value is -1.43. The number of primary amides is 2. The summed E-state index contributed by atoms with van der Waals surface area (Å²) in [6.45, 7) is 0. The molecule has 1 aliphatic rings. The topological polar surface area (TPSA) is 99.1 Å². The van der Waals surface area contributed by atoms with E-state index in [-0.39, 0.29) is 0 Å². The van der Waals surface area contributed by atoms with Crippen LogP contribution >= 0.6 is 11.3 Å². The van der Waals surface area contributed by atoms with Gasteiger partial charge in [0.25, 0.3) is 0 Å². The molecule has 2 rings (SSSR count). The molecule has 5 nitrogen and oxygen atoms in total. The highest BCUT2D eigenvalue weighted by Crippen LogP contribution is 2.33. The Bertz CT molecular complexity index is 347. The van der Waals surface area contributed by atoms with Gasteiger partial charge in [0.15, 0.2) is 0 Å². The van der Waals surface area contributed by atoms with Crippen molar-refractivity contribution < 1.29 is 9.59 Å². The van der Waals surface area contributed by atoms with Gasteiger partial charge in [-0.15, -0.1) is 11.3 Å². The maximum atomic E-state index is 9.45. The number of nitrogens with two attached hydrogens (primary N) is 2. The molecule has 94 valence electrons. The van der Waals surface area contributed by atoms with Gasteiger partial charge in [-0.1, -0.05) is 19.3 Å². The van der Waals surface area contributed by atoms with Crippen LogP contribution in [0.3, 0.4) is 0 Å². The molecule has 4 N–H and O–H groups in total. The zero-order valence-corrected chi connectivity index (χ0v) is 10.4. The molecule has 1 aromatic rings. The molecule has 1 aliphatic carbocycles. The second-order valence-electron chi connectivity index (χ2n) is 3.93. The molecule has 0 aliphatic heterocycles. The molecule has 0 bridgehead atoms. The standard InChI is InChI=1S/C9H13NS.C2H4N2O2/c1-2-4-8(5-3-1)9-10-6-7-11-9;3-1(5)2(4)6/h6-8H,1-5H2;(H2,3,5)(H2,4,6). The van der Waals surface area contributed by atoms with Gasteiger partial charge in [0.05, 0.1) is 5.01 Å². The monoisotopic (exact) mass is 255 g/mol. The molecule has 1 aromatic heterocycles. The van der Waals surface area contributed by atoms with Crippen LogP contribution in [0.25, 0.3) is 0 Å². The maximum absolute atomic E-state index is 9.45. The minimum absolute atomic E-state index is 0.795. The van der Waals surface area contributed by atoms with Crippen molar-refractivity contribution in [1.29, 1.82) is 0 Å². The van der Waals surface area contributed by atoms with E-state index in [4.69, 9.17) is 0 Å². The van der Waals surface area contributed by atoms with Crippen LogP contribution < -0.4 is 11.5 Å². The van der Waals surface area contributed by atoms with E-state index >= 15 is 0 Å². The van der Waals surface area contributed by atoms with Crippen LogP contribution in [0.2, 0.25) is 0 Å². The van der Waals surface area contributed by atoms with Gasteiger partial charge in [0.2, 0.25) is 0 Å². The second-order valence-corrected chi connectivity index (χ2v) is 4.86. The lowest BCUT2D eigenvalue weighted by Crippen LogP contribution is -2.29. The van der Waals surface area contributed by atoms with Crippen molar-refractivity contribution in [3.05, 3.63) is 16.6 Å². The van der Waals surface area contributed by atoms with Crippen molar-refractivity contribution in [2.24, 2.45) is 11.5 Å². The molecule has 1 saturated carbocycles. The first-order chi connectivity index (χ1) is 8.11. The summed E-state index contributed by atoms with van der Waals surface area (Å²) in [6.07, 6.45) is 8.91. The van der Waals surface area contributed by atoms with Gasteiger partial charge in [-0.05, 0) is 12.8 Å². The Morgan fingerprint density at radius 1 is 1.18 bits per heavy atom. The maximum Gasteiger partial charge on any atom is 0.306 e. The molecule has 1 heterocycles. The van der Waals surface area contributed by atoms with E-state index in [2.05, 4.69) is 21.8 Å². The highest BCUT2D eigenvalue weighted by Gasteiger charge is 2.16. The van der Waals surface area contributed by atoms with Crippen LogP contribution in [0, 0.1) is 0 Å². The number of amides is 2. The van der Waals surface area contributed by atoms with E-state index in [9.17, 15) is 9.59 Å². The summed E-state index contributed by atoms with van der Waals surface area (Å²) < 4.78 is 0. The molecule has 0 aromatic carbocycles. The Morgan fingerprint density at radius 3 is 2.18 bits per heavy atom. The summed E-state index contributed by atoms with van der Waals surface area (Å²) in [7, 11) is 0. The van der Waals surface area contributed by atoms with Gasteiger partial charge in [0.1, 0.15) is 0 Å². The third-order valence-electron chi connectivity index (χ3n) is 2.65. The Kier molecular flexibility index (Phi) is 5.62. The normalized spacial score (nSPS) is 15.8. The number of hydrogen-bond acceptors (Lipinski definition) is 4. The van der Waals surface area contributed by atoms with Crippen molar-refractivity contribution >= 4 is 23.2 Å². The number of nitrogens with zero attached hydrogens (tertiary/aromatic N) is 1. The van der Waals surface area contributed by atoms with Gasteiger partial charge < -0.3 is 11.5 Å². The highest BCUT2D eigenvalue weighted by molar-refractivity contribution is 7.09. The van der Waals surface area contributed by atoms with Crippen molar-refractivity contribution in [1.82, 2.24) is 4.98 Å². The lowest BCUT2D eigenvalue weighted by Gasteiger charge is -2.18. The predicted molar refractivity (Wildman–Crippen MR) is 66.3 cm³/mol. The van der Waals surface area contributed by atoms with Crippen LogP contribution in [-0.4, -0.2) is 16.8 Å². The molecule has 0 saturated heterocycles. The Morgan fingerprint density at radius 2 is 1.76 bits per heavy atom. The van der Waals surface area contributed by atoms with Crippen molar-refractivity contribution in [3.8, 4) is 0 Å². The Balaban J connectivity index is 0.000000209. The third-order valence-corrected chi connectivity index (χ3v) is 3.59. The average molecular weight is 255 g/mol. The molecular weight excluding hydrogens is 238 g/mol. The molecule has 0 spiro atoms. The summed E-state index contributed by atoms with van der Waals surface area (Å²) in [5.74, 6) is -1.41. The molecule has 1 fully saturated rings. The summed E-state index contributed by atoms with van der Waals surface area (Å²) >= 11 is 1.82. The fourth-order valence-electron chi connectivity index (χ4n) is 1.79. The number of aromatic nitrogens is 1. The number of thiazole rings is 1. The quantitative estimate of drug-likeness (QED) is 0.736. The number of hydrogen-bond donors (Lipinski definition) is 2. The van der Waals surface area contributed by atoms with Crippen molar-refractivity contribution in [2.75, 3.05) is 0 Å². The summed E-state index contributed by atoms with van der Waals surface area (Å²) in [6, 6.07) is 0. The number of carbonyl (C=O) groups excluding carboxylic acids is 2. The van der Waals surface area contributed by atoms with Crippen LogP contribution in [-0.2, 0) is 9.59 Å². The van der Waals surface area contributed by atoms with E-state index < -0.39 is 11.8 Å². The van der Waals surface area contributed by atoms with Gasteiger partial charge in [-0.3, -0.25) is 9.59 Å². The average Bonchev–Trinajstić information content (AvgIpc) is 2.84. The Labute approximate surface area is 104 Å². The predicted octanol–water partition coefficient (Wildman–Crippen LogP) is 1.15. The first kappa shape index (κ1) is 13.6.